The summed E-state index contributed by atoms with van der Waals surface area (Å²) in [5.41, 5.74) is 1.32. The van der Waals surface area contributed by atoms with Crippen molar-refractivity contribution >= 4 is 44.2 Å². The van der Waals surface area contributed by atoms with Gasteiger partial charge in [-0.05, 0) is 91.4 Å². The minimum absolute atomic E-state index is 0.0902. The maximum atomic E-state index is 12.5. The molecule has 140 valence electrons. The number of sulfonamides is 1. The van der Waals surface area contributed by atoms with Crippen LogP contribution in [0.4, 0.5) is 5.69 Å². The largest absolute Gasteiger partial charge is 0.494 e. The summed E-state index contributed by atoms with van der Waals surface area (Å²) in [4.78, 5) is 12.3. The van der Waals surface area contributed by atoms with Gasteiger partial charge in [-0.15, -0.1) is 0 Å². The number of carbonyl (C=O) groups excluding carboxylic acids is 1. The summed E-state index contributed by atoms with van der Waals surface area (Å²) in [6, 6.07) is 10.9. The van der Waals surface area contributed by atoms with Crippen molar-refractivity contribution in [3.63, 3.8) is 0 Å². The van der Waals surface area contributed by atoms with Gasteiger partial charge in [0.25, 0.3) is 0 Å². The molecule has 1 amide bonds. The maximum absolute atomic E-state index is 12.5. The third-order valence-corrected chi connectivity index (χ3v) is 5.85. The van der Waals surface area contributed by atoms with Crippen molar-refractivity contribution in [1.82, 2.24) is 4.72 Å². The number of amides is 1. The summed E-state index contributed by atoms with van der Waals surface area (Å²) < 4.78 is 33.9. The van der Waals surface area contributed by atoms with E-state index in [0.29, 0.717) is 23.6 Å². The summed E-state index contributed by atoms with van der Waals surface area (Å²) >= 11 is 2.16. The molecule has 0 radical (unpaired) electrons. The predicted molar refractivity (Wildman–Crippen MR) is 110 cm³/mol. The Kier molecular flexibility index (Phi) is 7.01. The molecule has 0 heterocycles. The van der Waals surface area contributed by atoms with Gasteiger partial charge in [-0.2, -0.15) is 4.72 Å². The summed E-state index contributed by atoms with van der Waals surface area (Å²) in [7, 11) is -3.83. The lowest BCUT2D eigenvalue weighted by atomic mass is 10.2. The Morgan fingerprint density at radius 2 is 1.85 bits per heavy atom. The number of nitrogens with one attached hydrogen (secondary N) is 2. The molecule has 26 heavy (non-hydrogen) atoms. The van der Waals surface area contributed by atoms with Crippen LogP contribution in [0.2, 0.25) is 0 Å². The fourth-order valence-electron chi connectivity index (χ4n) is 2.24. The highest BCUT2D eigenvalue weighted by Crippen LogP contribution is 2.22. The van der Waals surface area contributed by atoms with Crippen molar-refractivity contribution in [1.29, 1.82) is 0 Å². The van der Waals surface area contributed by atoms with Crippen LogP contribution in [-0.4, -0.2) is 27.0 Å². The number of ether oxygens (including phenoxy) is 1. The Hall–Kier alpha value is -1.65. The van der Waals surface area contributed by atoms with Crippen LogP contribution in [0.5, 0.6) is 5.75 Å². The third-order valence-electron chi connectivity index (χ3n) is 3.59. The van der Waals surface area contributed by atoms with Crippen molar-refractivity contribution in [2.24, 2.45) is 0 Å². The van der Waals surface area contributed by atoms with Gasteiger partial charge in [0.05, 0.1) is 17.5 Å². The lowest BCUT2D eigenvalue weighted by Gasteiger charge is -2.15. The SMILES string of the molecule is CCOc1ccc(S(=O)(=O)N[C@H](C)C(=O)Nc2ccc(I)cc2)cc1C. The first-order valence-electron chi connectivity index (χ1n) is 8.05. The zero-order valence-corrected chi connectivity index (χ0v) is 17.7. The van der Waals surface area contributed by atoms with Gasteiger partial charge in [0.1, 0.15) is 5.75 Å². The summed E-state index contributed by atoms with van der Waals surface area (Å²) in [6.07, 6.45) is 0. The Balaban J connectivity index is 2.08. The van der Waals surface area contributed by atoms with Gasteiger partial charge < -0.3 is 10.1 Å². The van der Waals surface area contributed by atoms with E-state index in [1.165, 1.54) is 19.1 Å². The van der Waals surface area contributed by atoms with Crippen molar-refractivity contribution in [2.75, 3.05) is 11.9 Å². The molecule has 0 aliphatic heterocycles. The van der Waals surface area contributed by atoms with Crippen LogP contribution in [0.15, 0.2) is 47.4 Å². The topological polar surface area (TPSA) is 84.5 Å². The van der Waals surface area contributed by atoms with Crippen molar-refractivity contribution in [3.05, 3.63) is 51.6 Å². The highest BCUT2D eigenvalue weighted by molar-refractivity contribution is 14.1. The fourth-order valence-corrected chi connectivity index (χ4v) is 3.89. The molecule has 0 aromatic heterocycles. The van der Waals surface area contributed by atoms with Gasteiger partial charge in [-0.1, -0.05) is 0 Å². The first-order chi connectivity index (χ1) is 12.2. The number of rotatable bonds is 7. The number of anilines is 1. The Morgan fingerprint density at radius 1 is 1.19 bits per heavy atom. The number of carbonyl (C=O) groups is 1. The second-order valence-corrected chi connectivity index (χ2v) is 8.66. The van der Waals surface area contributed by atoms with Gasteiger partial charge in [0.2, 0.25) is 15.9 Å². The molecule has 0 unspecified atom stereocenters. The van der Waals surface area contributed by atoms with E-state index in [0.717, 1.165) is 3.57 Å². The van der Waals surface area contributed by atoms with Crippen LogP contribution in [-0.2, 0) is 14.8 Å². The van der Waals surface area contributed by atoms with Gasteiger partial charge >= 0.3 is 0 Å². The van der Waals surface area contributed by atoms with Gasteiger partial charge in [0.15, 0.2) is 0 Å². The first kappa shape index (κ1) is 20.7. The molecule has 0 aliphatic carbocycles. The van der Waals surface area contributed by atoms with Gasteiger partial charge in [-0.25, -0.2) is 8.42 Å². The summed E-state index contributed by atoms with van der Waals surface area (Å²) in [5.74, 6) is 0.202. The fraction of sp³-hybridized carbons (Fsp3) is 0.278. The van der Waals surface area contributed by atoms with Crippen molar-refractivity contribution in [2.45, 2.75) is 31.7 Å². The van der Waals surface area contributed by atoms with E-state index in [-0.39, 0.29) is 4.90 Å². The average Bonchev–Trinajstić information content (AvgIpc) is 2.58. The summed E-state index contributed by atoms with van der Waals surface area (Å²) in [5, 5.41) is 2.69. The van der Waals surface area contributed by atoms with Gasteiger partial charge in [0, 0.05) is 9.26 Å². The quantitative estimate of drug-likeness (QED) is 0.586. The number of aryl methyl sites for hydroxylation is 1. The van der Waals surface area contributed by atoms with Crippen molar-refractivity contribution in [3.8, 4) is 5.75 Å². The smallest absolute Gasteiger partial charge is 0.242 e. The molecule has 2 N–H and O–H groups in total. The molecule has 2 aromatic carbocycles. The van der Waals surface area contributed by atoms with Gasteiger partial charge in [-0.3, -0.25) is 4.79 Å². The second-order valence-electron chi connectivity index (χ2n) is 5.70. The van der Waals surface area contributed by atoms with E-state index in [1.807, 2.05) is 19.1 Å². The molecule has 2 rings (SSSR count). The minimum atomic E-state index is -3.83. The molecule has 0 spiro atoms. The van der Waals surface area contributed by atoms with E-state index in [9.17, 15) is 13.2 Å². The molecular weight excluding hydrogens is 467 g/mol. The highest BCUT2D eigenvalue weighted by Gasteiger charge is 2.22. The normalized spacial score (nSPS) is 12.5. The van der Waals surface area contributed by atoms with E-state index >= 15 is 0 Å². The maximum Gasteiger partial charge on any atom is 0.242 e. The zero-order valence-electron chi connectivity index (χ0n) is 14.7. The Labute approximate surface area is 167 Å². The van der Waals surface area contributed by atoms with Crippen LogP contribution in [0.1, 0.15) is 19.4 Å². The molecule has 6 nitrogen and oxygen atoms in total. The number of halogens is 1. The molecule has 0 saturated carbocycles. The van der Waals surface area contributed by atoms with Crippen LogP contribution in [0.3, 0.4) is 0 Å². The van der Waals surface area contributed by atoms with Crippen LogP contribution >= 0.6 is 22.6 Å². The second kappa shape index (κ2) is 8.83. The molecule has 0 bridgehead atoms. The molecule has 2 aromatic rings. The zero-order chi connectivity index (χ0) is 19.3. The molecular formula is C18H21IN2O4S. The number of benzene rings is 2. The number of hydrogen-bond donors (Lipinski definition) is 2. The minimum Gasteiger partial charge on any atom is -0.494 e. The van der Waals surface area contributed by atoms with E-state index < -0.39 is 22.0 Å². The summed E-state index contributed by atoms with van der Waals surface area (Å²) in [6.45, 7) is 5.64. The molecule has 0 fully saturated rings. The molecule has 1 atom stereocenters. The molecule has 8 heteroatoms. The monoisotopic (exact) mass is 488 g/mol. The van der Waals surface area contributed by atoms with E-state index in [1.54, 1.807) is 25.1 Å². The Bertz CT molecular complexity index is 883. The van der Waals surface area contributed by atoms with E-state index in [4.69, 9.17) is 4.74 Å². The predicted octanol–water partition coefficient (Wildman–Crippen LogP) is 3.30. The Morgan fingerprint density at radius 3 is 2.42 bits per heavy atom. The molecule has 0 saturated heterocycles. The standard InChI is InChI=1S/C18H21IN2O4S/c1-4-25-17-10-9-16(11-12(17)2)26(23,24)21-13(3)18(22)20-15-7-5-14(19)6-8-15/h5-11,13,21H,4H2,1-3H3,(H,20,22)/t13-/m1/s1. The number of hydrogen-bond acceptors (Lipinski definition) is 4. The molecule has 0 aliphatic rings. The van der Waals surface area contributed by atoms with Crippen LogP contribution < -0.4 is 14.8 Å². The van der Waals surface area contributed by atoms with Crippen LogP contribution in [0, 0.1) is 10.5 Å². The third kappa shape index (κ3) is 5.42. The average molecular weight is 488 g/mol. The van der Waals surface area contributed by atoms with Crippen molar-refractivity contribution < 1.29 is 17.9 Å². The lowest BCUT2D eigenvalue weighted by molar-refractivity contribution is -0.117. The highest BCUT2D eigenvalue weighted by atomic mass is 127. The van der Waals surface area contributed by atoms with E-state index in [2.05, 4.69) is 32.6 Å². The lowest BCUT2D eigenvalue weighted by Crippen LogP contribution is -2.41. The van der Waals surface area contributed by atoms with Crippen LogP contribution in [0.25, 0.3) is 0 Å². The first-order valence-corrected chi connectivity index (χ1v) is 10.6.